The number of nitrogens with zero attached hydrogens (tertiary/aromatic N) is 1. The zero-order chi connectivity index (χ0) is 11.7. The normalized spacial score (nSPS) is 13.5. The Bertz CT molecular complexity index is 191. The number of rotatable bonds is 7. The minimum absolute atomic E-state index is 0.162. The van der Waals surface area contributed by atoms with E-state index < -0.39 is 0 Å². The van der Waals surface area contributed by atoms with Crippen LogP contribution in [-0.2, 0) is 4.74 Å². The maximum absolute atomic E-state index is 8.82. The summed E-state index contributed by atoms with van der Waals surface area (Å²) in [4.78, 5) is 0. The highest BCUT2D eigenvalue weighted by molar-refractivity contribution is 4.89. The SMILES string of the molecule is CCCNC(C#N)COCCC(C)(C)C. The summed E-state index contributed by atoms with van der Waals surface area (Å²) in [6, 6.07) is 2.04. The van der Waals surface area contributed by atoms with Crippen LogP contribution in [-0.4, -0.2) is 25.8 Å². The van der Waals surface area contributed by atoms with Crippen molar-refractivity contribution in [1.82, 2.24) is 5.32 Å². The molecule has 1 N–H and O–H groups in total. The van der Waals surface area contributed by atoms with Crippen LogP contribution in [0.25, 0.3) is 0 Å². The predicted molar refractivity (Wildman–Crippen MR) is 62.6 cm³/mol. The summed E-state index contributed by atoms with van der Waals surface area (Å²) in [5, 5.41) is 11.9. The van der Waals surface area contributed by atoms with Gasteiger partial charge in [-0.25, -0.2) is 0 Å². The fraction of sp³-hybridized carbons (Fsp3) is 0.917. The van der Waals surface area contributed by atoms with E-state index in [2.05, 4.69) is 39.1 Å². The van der Waals surface area contributed by atoms with Gasteiger partial charge in [-0.2, -0.15) is 5.26 Å². The topological polar surface area (TPSA) is 45.0 Å². The molecule has 1 unspecified atom stereocenters. The lowest BCUT2D eigenvalue weighted by Gasteiger charge is -2.18. The van der Waals surface area contributed by atoms with E-state index in [9.17, 15) is 0 Å². The Morgan fingerprint density at radius 2 is 2.07 bits per heavy atom. The third-order valence-corrected chi connectivity index (χ3v) is 2.08. The van der Waals surface area contributed by atoms with Crippen LogP contribution < -0.4 is 5.32 Å². The zero-order valence-corrected chi connectivity index (χ0v) is 10.5. The number of hydrogen-bond donors (Lipinski definition) is 1. The Morgan fingerprint density at radius 1 is 1.40 bits per heavy atom. The summed E-state index contributed by atoms with van der Waals surface area (Å²) in [6.45, 7) is 10.7. The van der Waals surface area contributed by atoms with Crippen LogP contribution in [0.4, 0.5) is 0 Å². The first-order chi connectivity index (χ1) is 6.99. The molecule has 1 atom stereocenters. The quantitative estimate of drug-likeness (QED) is 0.659. The van der Waals surface area contributed by atoms with Gasteiger partial charge in [0.05, 0.1) is 12.7 Å². The van der Waals surface area contributed by atoms with Gasteiger partial charge in [0.2, 0.25) is 0 Å². The van der Waals surface area contributed by atoms with Gasteiger partial charge < -0.3 is 10.1 Å². The van der Waals surface area contributed by atoms with E-state index in [1.807, 2.05) is 0 Å². The molecule has 0 amide bonds. The molecule has 0 saturated heterocycles. The van der Waals surface area contributed by atoms with E-state index in [0.717, 1.165) is 26.0 Å². The van der Waals surface area contributed by atoms with Crippen molar-refractivity contribution in [3.05, 3.63) is 0 Å². The summed E-state index contributed by atoms with van der Waals surface area (Å²) in [5.74, 6) is 0. The summed E-state index contributed by atoms with van der Waals surface area (Å²) in [5.41, 5.74) is 0.305. The first-order valence-electron chi connectivity index (χ1n) is 5.70. The molecule has 0 aliphatic heterocycles. The third-order valence-electron chi connectivity index (χ3n) is 2.08. The first-order valence-corrected chi connectivity index (χ1v) is 5.70. The molecule has 0 saturated carbocycles. The average Bonchev–Trinajstić information content (AvgIpc) is 2.15. The molecule has 0 aromatic heterocycles. The van der Waals surface area contributed by atoms with Gasteiger partial charge in [0.1, 0.15) is 6.04 Å². The molecule has 0 spiro atoms. The van der Waals surface area contributed by atoms with Gasteiger partial charge in [0, 0.05) is 6.61 Å². The third kappa shape index (κ3) is 9.71. The second-order valence-electron chi connectivity index (χ2n) is 5.02. The van der Waals surface area contributed by atoms with Crippen molar-refractivity contribution >= 4 is 0 Å². The van der Waals surface area contributed by atoms with E-state index in [1.165, 1.54) is 0 Å². The molecule has 0 aromatic carbocycles. The monoisotopic (exact) mass is 212 g/mol. The molecule has 3 heteroatoms. The van der Waals surface area contributed by atoms with E-state index in [0.29, 0.717) is 12.0 Å². The largest absolute Gasteiger partial charge is 0.379 e. The maximum atomic E-state index is 8.82. The lowest BCUT2D eigenvalue weighted by Crippen LogP contribution is -2.33. The molecule has 0 aliphatic carbocycles. The van der Waals surface area contributed by atoms with E-state index >= 15 is 0 Å². The van der Waals surface area contributed by atoms with Crippen LogP contribution >= 0.6 is 0 Å². The molecule has 3 nitrogen and oxygen atoms in total. The van der Waals surface area contributed by atoms with Gasteiger partial charge in [0.15, 0.2) is 0 Å². The Kier molecular flexibility index (Phi) is 7.37. The first kappa shape index (κ1) is 14.4. The summed E-state index contributed by atoms with van der Waals surface area (Å²) < 4.78 is 5.47. The van der Waals surface area contributed by atoms with Crippen molar-refractivity contribution in [1.29, 1.82) is 5.26 Å². The molecular weight excluding hydrogens is 188 g/mol. The fourth-order valence-electron chi connectivity index (χ4n) is 1.04. The number of nitriles is 1. The van der Waals surface area contributed by atoms with E-state index in [1.54, 1.807) is 0 Å². The van der Waals surface area contributed by atoms with Crippen LogP contribution in [0, 0.1) is 16.7 Å². The van der Waals surface area contributed by atoms with Crippen LogP contribution in [0.1, 0.15) is 40.5 Å². The lowest BCUT2D eigenvalue weighted by atomic mass is 9.93. The molecule has 0 aromatic rings. The predicted octanol–water partition coefficient (Wildman–Crippen LogP) is 2.33. The Morgan fingerprint density at radius 3 is 2.53 bits per heavy atom. The Balaban J connectivity index is 3.52. The number of nitrogens with one attached hydrogen (secondary N) is 1. The standard InChI is InChI=1S/C12H24N2O/c1-5-7-14-11(9-13)10-15-8-6-12(2,3)4/h11,14H,5-8,10H2,1-4H3. The highest BCUT2D eigenvalue weighted by Crippen LogP contribution is 2.17. The van der Waals surface area contributed by atoms with Crippen molar-refractivity contribution in [2.75, 3.05) is 19.8 Å². The molecule has 0 radical (unpaired) electrons. The second kappa shape index (κ2) is 7.67. The van der Waals surface area contributed by atoms with Gasteiger partial charge in [-0.15, -0.1) is 0 Å². The summed E-state index contributed by atoms with van der Waals surface area (Å²) >= 11 is 0. The van der Waals surface area contributed by atoms with Crippen LogP contribution in [0.2, 0.25) is 0 Å². The van der Waals surface area contributed by atoms with E-state index in [4.69, 9.17) is 10.00 Å². The lowest BCUT2D eigenvalue weighted by molar-refractivity contribution is 0.0995. The fourth-order valence-corrected chi connectivity index (χ4v) is 1.04. The highest BCUT2D eigenvalue weighted by Gasteiger charge is 2.11. The van der Waals surface area contributed by atoms with Crippen molar-refractivity contribution in [2.24, 2.45) is 5.41 Å². The van der Waals surface area contributed by atoms with Gasteiger partial charge >= 0.3 is 0 Å². The minimum Gasteiger partial charge on any atom is -0.379 e. The molecule has 0 rings (SSSR count). The molecule has 88 valence electrons. The highest BCUT2D eigenvalue weighted by atomic mass is 16.5. The number of ether oxygens (including phenoxy) is 1. The molecule has 0 fully saturated rings. The van der Waals surface area contributed by atoms with Gasteiger partial charge in [-0.1, -0.05) is 27.7 Å². The van der Waals surface area contributed by atoms with Crippen molar-refractivity contribution in [3.63, 3.8) is 0 Å². The average molecular weight is 212 g/mol. The van der Waals surface area contributed by atoms with Crippen molar-refractivity contribution in [3.8, 4) is 6.07 Å². The Labute approximate surface area is 93.8 Å². The van der Waals surface area contributed by atoms with Crippen molar-refractivity contribution < 1.29 is 4.74 Å². The zero-order valence-electron chi connectivity index (χ0n) is 10.5. The molecule has 0 aliphatic rings. The number of hydrogen-bond acceptors (Lipinski definition) is 3. The van der Waals surface area contributed by atoms with Crippen LogP contribution in [0.5, 0.6) is 0 Å². The summed E-state index contributed by atoms with van der Waals surface area (Å²) in [6.07, 6.45) is 2.07. The maximum Gasteiger partial charge on any atom is 0.119 e. The van der Waals surface area contributed by atoms with Crippen LogP contribution in [0.3, 0.4) is 0 Å². The van der Waals surface area contributed by atoms with E-state index in [-0.39, 0.29) is 6.04 Å². The van der Waals surface area contributed by atoms with Crippen molar-refractivity contribution in [2.45, 2.75) is 46.6 Å². The minimum atomic E-state index is -0.162. The molecule has 0 heterocycles. The van der Waals surface area contributed by atoms with Gasteiger partial charge in [-0.3, -0.25) is 0 Å². The summed E-state index contributed by atoms with van der Waals surface area (Å²) in [7, 11) is 0. The molecule has 0 bridgehead atoms. The second-order valence-corrected chi connectivity index (χ2v) is 5.02. The Hall–Kier alpha value is -0.590. The molecular formula is C12H24N2O. The molecule has 15 heavy (non-hydrogen) atoms. The van der Waals surface area contributed by atoms with Gasteiger partial charge in [0.25, 0.3) is 0 Å². The van der Waals surface area contributed by atoms with Gasteiger partial charge in [-0.05, 0) is 24.8 Å². The van der Waals surface area contributed by atoms with Crippen LogP contribution in [0.15, 0.2) is 0 Å². The smallest absolute Gasteiger partial charge is 0.119 e.